The normalized spacial score (nSPS) is 25.6. The van der Waals surface area contributed by atoms with Crippen molar-refractivity contribution in [2.45, 2.75) is 77.6 Å². The quantitative estimate of drug-likeness (QED) is 0.350. The molecule has 0 spiro atoms. The van der Waals surface area contributed by atoms with Crippen LogP contribution in [0.4, 0.5) is 4.39 Å². The zero-order valence-electron chi connectivity index (χ0n) is 18.9. The molecule has 0 heterocycles. The Morgan fingerprint density at radius 3 is 2.48 bits per heavy atom. The first-order chi connectivity index (χ1) is 15.0. The van der Waals surface area contributed by atoms with Crippen LogP contribution in [0.5, 0.6) is 5.75 Å². The number of fused-ring (bicyclic) bond motifs is 1. The lowest BCUT2D eigenvalue weighted by atomic mass is 9.63. The van der Waals surface area contributed by atoms with Crippen molar-refractivity contribution >= 4 is 5.97 Å². The molecule has 3 heteroatoms. The molecule has 4 atom stereocenters. The average Bonchev–Trinajstić information content (AvgIpc) is 2.78. The summed E-state index contributed by atoms with van der Waals surface area (Å²) in [7, 11) is 0. The van der Waals surface area contributed by atoms with Gasteiger partial charge in [-0.05, 0) is 92.5 Å². The molecular formula is C28H35FO2. The Kier molecular flexibility index (Phi) is 7.09. The minimum Gasteiger partial charge on any atom is -0.423 e. The van der Waals surface area contributed by atoms with Crippen molar-refractivity contribution in [3.05, 3.63) is 65.0 Å². The van der Waals surface area contributed by atoms with E-state index < -0.39 is 5.97 Å². The maximum atomic E-state index is 15.0. The summed E-state index contributed by atoms with van der Waals surface area (Å²) < 4.78 is 20.4. The van der Waals surface area contributed by atoms with Gasteiger partial charge in [-0.2, -0.15) is 0 Å². The predicted molar refractivity (Wildman–Crippen MR) is 123 cm³/mol. The van der Waals surface area contributed by atoms with Gasteiger partial charge in [0.25, 0.3) is 0 Å². The van der Waals surface area contributed by atoms with E-state index in [0.29, 0.717) is 5.75 Å². The van der Waals surface area contributed by atoms with Crippen molar-refractivity contribution in [1.29, 1.82) is 0 Å². The first kappa shape index (κ1) is 22.0. The van der Waals surface area contributed by atoms with Crippen LogP contribution >= 0.6 is 0 Å². The van der Waals surface area contributed by atoms with E-state index >= 15 is 4.39 Å². The van der Waals surface area contributed by atoms with Crippen LogP contribution in [0.25, 0.3) is 0 Å². The van der Waals surface area contributed by atoms with Gasteiger partial charge in [-0.1, -0.05) is 56.4 Å². The Balaban J connectivity index is 1.37. The van der Waals surface area contributed by atoms with Gasteiger partial charge in [-0.25, -0.2) is 9.18 Å². The van der Waals surface area contributed by atoms with E-state index in [1.807, 2.05) is 25.1 Å². The van der Waals surface area contributed by atoms with Crippen molar-refractivity contribution in [1.82, 2.24) is 0 Å². The van der Waals surface area contributed by atoms with E-state index in [2.05, 4.69) is 6.92 Å². The molecular weight excluding hydrogens is 387 g/mol. The van der Waals surface area contributed by atoms with Gasteiger partial charge in [0.05, 0.1) is 5.56 Å². The third-order valence-electron chi connectivity index (χ3n) is 7.60. The van der Waals surface area contributed by atoms with Crippen molar-refractivity contribution in [3.63, 3.8) is 0 Å². The number of carbonyl (C=O) groups excluding carboxylic acids is 1. The number of ether oxygens (including phenoxy) is 1. The monoisotopic (exact) mass is 422 g/mol. The number of esters is 1. The summed E-state index contributed by atoms with van der Waals surface area (Å²) in [5.74, 6) is 2.46. The highest BCUT2D eigenvalue weighted by molar-refractivity contribution is 5.91. The standard InChI is InChI=1S/C28H35FO2/c1-3-4-5-20-8-9-22-17-23(11-10-21(22)16-20)26-15-12-24(18-27(26)29)28(30)31-25-13-6-19(2)7-14-25/h6-7,12-15,18,20-23H,3-5,8-11,16-17H2,1-2H3. The smallest absolute Gasteiger partial charge is 0.343 e. The zero-order valence-corrected chi connectivity index (χ0v) is 18.9. The fourth-order valence-electron chi connectivity index (χ4n) is 5.78. The first-order valence-corrected chi connectivity index (χ1v) is 12.1. The lowest BCUT2D eigenvalue weighted by Gasteiger charge is -2.42. The lowest BCUT2D eigenvalue weighted by molar-refractivity contribution is 0.0734. The number of hydrogen-bond donors (Lipinski definition) is 0. The highest BCUT2D eigenvalue weighted by atomic mass is 19.1. The van der Waals surface area contributed by atoms with Crippen molar-refractivity contribution in [3.8, 4) is 5.75 Å². The number of halogens is 1. The van der Waals surface area contributed by atoms with Crippen molar-refractivity contribution in [2.24, 2.45) is 17.8 Å². The molecule has 2 aromatic carbocycles. The van der Waals surface area contributed by atoms with Gasteiger partial charge in [-0.15, -0.1) is 0 Å². The molecule has 0 N–H and O–H groups in total. The maximum Gasteiger partial charge on any atom is 0.343 e. The molecule has 0 aromatic heterocycles. The zero-order chi connectivity index (χ0) is 21.8. The Bertz CT molecular complexity index is 888. The Morgan fingerprint density at radius 2 is 1.74 bits per heavy atom. The first-order valence-electron chi connectivity index (χ1n) is 12.1. The third kappa shape index (κ3) is 5.37. The molecule has 31 heavy (non-hydrogen) atoms. The van der Waals surface area contributed by atoms with Crippen LogP contribution in [0.1, 0.15) is 92.1 Å². The summed E-state index contributed by atoms with van der Waals surface area (Å²) in [6.07, 6.45) is 11.4. The van der Waals surface area contributed by atoms with E-state index in [0.717, 1.165) is 41.7 Å². The summed E-state index contributed by atoms with van der Waals surface area (Å²) in [5, 5.41) is 0. The third-order valence-corrected chi connectivity index (χ3v) is 7.60. The molecule has 2 nitrogen and oxygen atoms in total. The number of aryl methyl sites for hydroxylation is 1. The molecule has 2 aliphatic carbocycles. The van der Waals surface area contributed by atoms with Crippen LogP contribution in [-0.2, 0) is 0 Å². The highest BCUT2D eigenvalue weighted by Crippen LogP contribution is 2.48. The number of rotatable bonds is 6. The molecule has 166 valence electrons. The molecule has 2 saturated carbocycles. The molecule has 0 aliphatic heterocycles. The van der Waals surface area contributed by atoms with Crippen LogP contribution < -0.4 is 4.74 Å². The number of hydrogen-bond acceptors (Lipinski definition) is 2. The lowest BCUT2D eigenvalue weighted by Crippen LogP contribution is -2.30. The fourth-order valence-corrected chi connectivity index (χ4v) is 5.78. The predicted octanol–water partition coefficient (Wildman–Crippen LogP) is 7.84. The van der Waals surface area contributed by atoms with Crippen molar-refractivity contribution in [2.75, 3.05) is 0 Å². The van der Waals surface area contributed by atoms with E-state index in [-0.39, 0.29) is 17.3 Å². The van der Waals surface area contributed by atoms with E-state index in [1.54, 1.807) is 18.2 Å². The van der Waals surface area contributed by atoms with Gasteiger partial charge in [0.1, 0.15) is 11.6 Å². The molecule has 2 aromatic rings. The summed E-state index contributed by atoms with van der Waals surface area (Å²) >= 11 is 0. The molecule has 0 bridgehead atoms. The second-order valence-corrected chi connectivity index (χ2v) is 9.79. The molecule has 0 amide bonds. The summed E-state index contributed by atoms with van der Waals surface area (Å²) in [4.78, 5) is 12.4. The maximum absolute atomic E-state index is 15.0. The average molecular weight is 423 g/mol. The minimum absolute atomic E-state index is 0.265. The van der Waals surface area contributed by atoms with Gasteiger partial charge in [0.2, 0.25) is 0 Å². The van der Waals surface area contributed by atoms with Gasteiger partial charge >= 0.3 is 5.97 Å². The molecule has 4 unspecified atom stereocenters. The van der Waals surface area contributed by atoms with Crippen LogP contribution in [0.3, 0.4) is 0 Å². The van der Waals surface area contributed by atoms with E-state index in [1.165, 1.54) is 51.0 Å². The van der Waals surface area contributed by atoms with Crippen LogP contribution in [-0.4, -0.2) is 5.97 Å². The van der Waals surface area contributed by atoms with Gasteiger partial charge in [-0.3, -0.25) is 0 Å². The molecule has 0 radical (unpaired) electrons. The second-order valence-electron chi connectivity index (χ2n) is 9.79. The largest absolute Gasteiger partial charge is 0.423 e. The van der Waals surface area contributed by atoms with E-state index in [4.69, 9.17) is 4.74 Å². The van der Waals surface area contributed by atoms with E-state index in [9.17, 15) is 4.79 Å². The highest BCUT2D eigenvalue weighted by Gasteiger charge is 2.36. The van der Waals surface area contributed by atoms with Crippen LogP contribution in [0.15, 0.2) is 42.5 Å². The Labute approximate surface area is 186 Å². The topological polar surface area (TPSA) is 26.3 Å². The molecule has 2 fully saturated rings. The van der Waals surface area contributed by atoms with Crippen LogP contribution in [0.2, 0.25) is 0 Å². The van der Waals surface area contributed by atoms with Gasteiger partial charge in [0.15, 0.2) is 0 Å². The SMILES string of the molecule is CCCCC1CCC2CC(c3ccc(C(=O)Oc4ccc(C)cc4)cc3F)CCC2C1. The summed E-state index contributed by atoms with van der Waals surface area (Å²) in [6.45, 7) is 4.25. The molecule has 2 aliphatic rings. The molecule has 4 rings (SSSR count). The summed E-state index contributed by atoms with van der Waals surface area (Å²) in [5.41, 5.74) is 2.14. The number of carbonyl (C=O) groups is 1. The van der Waals surface area contributed by atoms with Crippen LogP contribution in [0, 0.1) is 30.5 Å². The summed E-state index contributed by atoms with van der Waals surface area (Å²) in [6, 6.07) is 12.2. The Hall–Kier alpha value is -2.16. The fraction of sp³-hybridized carbons (Fsp3) is 0.536. The Morgan fingerprint density at radius 1 is 1.00 bits per heavy atom. The van der Waals surface area contributed by atoms with Gasteiger partial charge in [0, 0.05) is 0 Å². The second kappa shape index (κ2) is 9.97. The number of unbranched alkanes of at least 4 members (excludes halogenated alkanes) is 1. The molecule has 0 saturated heterocycles. The van der Waals surface area contributed by atoms with Gasteiger partial charge < -0.3 is 4.74 Å². The minimum atomic E-state index is -0.511. The van der Waals surface area contributed by atoms with Crippen molar-refractivity contribution < 1.29 is 13.9 Å². The number of benzene rings is 2.